The summed E-state index contributed by atoms with van der Waals surface area (Å²) in [6.45, 7) is 4.73. The predicted octanol–water partition coefficient (Wildman–Crippen LogP) is 4.08. The summed E-state index contributed by atoms with van der Waals surface area (Å²) >= 11 is 0. The lowest BCUT2D eigenvalue weighted by molar-refractivity contribution is 0.0273. The number of fused-ring (bicyclic) bond motifs is 2. The molecule has 4 aromatic rings. The monoisotopic (exact) mass is 496 g/mol. The van der Waals surface area contributed by atoms with Crippen molar-refractivity contribution in [3.05, 3.63) is 54.4 Å². The van der Waals surface area contributed by atoms with E-state index < -0.39 is 17.2 Å². The summed E-state index contributed by atoms with van der Waals surface area (Å²) in [6, 6.07) is 8.20. The van der Waals surface area contributed by atoms with Crippen molar-refractivity contribution in [1.82, 2.24) is 19.7 Å². The number of ether oxygens (including phenoxy) is 3. The van der Waals surface area contributed by atoms with Gasteiger partial charge in [0.1, 0.15) is 17.4 Å². The number of aromatic amines is 1. The average Bonchev–Trinajstić information content (AvgIpc) is 3.59. The van der Waals surface area contributed by atoms with Gasteiger partial charge in [0.2, 0.25) is 0 Å². The largest absolute Gasteiger partial charge is 0.456 e. The van der Waals surface area contributed by atoms with Gasteiger partial charge < -0.3 is 24.3 Å². The Morgan fingerprint density at radius 1 is 1.17 bits per heavy atom. The van der Waals surface area contributed by atoms with Crippen LogP contribution in [0, 0.1) is 11.6 Å². The first-order chi connectivity index (χ1) is 17.2. The van der Waals surface area contributed by atoms with Gasteiger partial charge >= 0.3 is 0 Å². The molecule has 2 fully saturated rings. The van der Waals surface area contributed by atoms with E-state index in [0.29, 0.717) is 25.3 Å². The topological polar surface area (TPSA) is 94.4 Å². The maximum absolute atomic E-state index is 15.5. The summed E-state index contributed by atoms with van der Waals surface area (Å²) in [7, 11) is 0. The Labute approximate surface area is 205 Å². The van der Waals surface area contributed by atoms with E-state index in [0.717, 1.165) is 17.5 Å². The Morgan fingerprint density at radius 2 is 1.94 bits per heavy atom. The summed E-state index contributed by atoms with van der Waals surface area (Å²) in [6.07, 6.45) is 3.78. The van der Waals surface area contributed by atoms with Crippen LogP contribution in [0.15, 0.2) is 42.7 Å². The summed E-state index contributed by atoms with van der Waals surface area (Å²) in [5.74, 6) is -1.47. The highest BCUT2D eigenvalue weighted by molar-refractivity contribution is 5.84. The molecular weight excluding hydrogens is 470 g/mol. The van der Waals surface area contributed by atoms with Crippen LogP contribution < -0.4 is 4.74 Å². The standard InChI is InChI=1S/C26H26F2N4O4/c1-26(2,33)13-32-11-16(10-29-32)14-3-5-15(6-4-14)21-17(27)9-18-23(22(21)28)31-25(30-18)36-20-12-35-19-7-8-34-24(19)20/h3-6,9-11,19-20,24,33H,7-8,12-13H2,1-2H3,(H,30,31)/t19-,20?,24+/m1/s1. The third kappa shape index (κ3) is 4.25. The minimum absolute atomic E-state index is 0.000929. The van der Waals surface area contributed by atoms with Crippen molar-refractivity contribution in [3.8, 4) is 28.3 Å². The van der Waals surface area contributed by atoms with E-state index in [4.69, 9.17) is 14.2 Å². The first-order valence-corrected chi connectivity index (χ1v) is 11.9. The summed E-state index contributed by atoms with van der Waals surface area (Å²) in [5, 5.41) is 14.3. The quantitative estimate of drug-likeness (QED) is 0.418. The highest BCUT2D eigenvalue weighted by Gasteiger charge is 2.43. The van der Waals surface area contributed by atoms with Crippen LogP contribution in [-0.4, -0.2) is 62.0 Å². The fraction of sp³-hybridized carbons (Fsp3) is 0.385. The lowest BCUT2D eigenvalue weighted by Crippen LogP contribution is -2.32. The van der Waals surface area contributed by atoms with Crippen LogP contribution in [-0.2, 0) is 16.0 Å². The van der Waals surface area contributed by atoms with Gasteiger partial charge in [-0.05, 0) is 31.4 Å². The Morgan fingerprint density at radius 3 is 2.72 bits per heavy atom. The van der Waals surface area contributed by atoms with Crippen LogP contribution in [0.25, 0.3) is 33.3 Å². The second kappa shape index (κ2) is 8.65. The molecule has 0 amide bonds. The molecule has 2 aliphatic heterocycles. The van der Waals surface area contributed by atoms with E-state index in [9.17, 15) is 5.11 Å². The van der Waals surface area contributed by atoms with Gasteiger partial charge in [-0.15, -0.1) is 0 Å². The maximum Gasteiger partial charge on any atom is 0.295 e. The SMILES string of the molecule is CC(C)(O)Cn1cc(-c2ccc(-c3c(F)cc4[nH]c(OC5CO[C@@H]6CCO[C@H]56)nc4c3F)cc2)cn1. The molecule has 0 spiro atoms. The molecule has 0 radical (unpaired) electrons. The smallest absolute Gasteiger partial charge is 0.295 e. The van der Waals surface area contributed by atoms with Crippen LogP contribution in [0.2, 0.25) is 0 Å². The number of aromatic nitrogens is 4. The van der Waals surface area contributed by atoms with Gasteiger partial charge in [0, 0.05) is 24.4 Å². The van der Waals surface area contributed by atoms with Gasteiger partial charge in [-0.1, -0.05) is 24.3 Å². The Kier molecular flexibility index (Phi) is 5.55. The Hall–Kier alpha value is -3.34. The second-order valence-corrected chi connectivity index (χ2v) is 9.95. The number of imidazole rings is 1. The van der Waals surface area contributed by atoms with Gasteiger partial charge in [0.25, 0.3) is 6.01 Å². The molecule has 2 aromatic carbocycles. The zero-order chi connectivity index (χ0) is 25.0. The molecule has 36 heavy (non-hydrogen) atoms. The first-order valence-electron chi connectivity index (χ1n) is 11.9. The van der Waals surface area contributed by atoms with E-state index >= 15 is 8.78 Å². The normalized spacial score (nSPS) is 21.9. The van der Waals surface area contributed by atoms with Crippen LogP contribution in [0.4, 0.5) is 8.78 Å². The van der Waals surface area contributed by atoms with E-state index in [1.54, 1.807) is 49.0 Å². The molecule has 4 heterocycles. The zero-order valence-corrected chi connectivity index (χ0v) is 19.9. The van der Waals surface area contributed by atoms with Crippen molar-refractivity contribution in [2.75, 3.05) is 13.2 Å². The fourth-order valence-corrected chi connectivity index (χ4v) is 4.88. The number of halogens is 2. The molecule has 1 unspecified atom stereocenters. The fourth-order valence-electron chi connectivity index (χ4n) is 4.88. The van der Waals surface area contributed by atoms with Crippen molar-refractivity contribution >= 4 is 11.0 Å². The Bertz CT molecular complexity index is 1410. The number of nitrogens with zero attached hydrogens (tertiary/aromatic N) is 3. The van der Waals surface area contributed by atoms with Gasteiger partial charge in [-0.25, -0.2) is 8.78 Å². The number of hydrogen-bond acceptors (Lipinski definition) is 6. The van der Waals surface area contributed by atoms with E-state index in [-0.39, 0.29) is 40.9 Å². The molecule has 188 valence electrons. The van der Waals surface area contributed by atoms with Crippen LogP contribution in [0.1, 0.15) is 20.3 Å². The second-order valence-electron chi connectivity index (χ2n) is 9.95. The van der Waals surface area contributed by atoms with E-state index in [1.165, 1.54) is 6.07 Å². The highest BCUT2D eigenvalue weighted by Crippen LogP contribution is 2.34. The zero-order valence-electron chi connectivity index (χ0n) is 19.9. The van der Waals surface area contributed by atoms with Gasteiger partial charge in [0.15, 0.2) is 11.9 Å². The van der Waals surface area contributed by atoms with Gasteiger partial charge in [-0.2, -0.15) is 10.1 Å². The van der Waals surface area contributed by atoms with Crippen molar-refractivity contribution in [3.63, 3.8) is 0 Å². The number of rotatable bonds is 6. The molecule has 2 N–H and O–H groups in total. The summed E-state index contributed by atoms with van der Waals surface area (Å²) in [5.41, 5.74) is 1.22. The molecule has 2 saturated heterocycles. The lowest BCUT2D eigenvalue weighted by atomic mass is 10.0. The van der Waals surface area contributed by atoms with Crippen molar-refractivity contribution in [1.29, 1.82) is 0 Å². The highest BCUT2D eigenvalue weighted by atomic mass is 19.1. The van der Waals surface area contributed by atoms with Gasteiger partial charge in [-0.3, -0.25) is 4.68 Å². The molecule has 8 nitrogen and oxygen atoms in total. The van der Waals surface area contributed by atoms with Crippen LogP contribution >= 0.6 is 0 Å². The molecule has 0 aliphatic carbocycles. The number of nitrogens with one attached hydrogen (secondary N) is 1. The number of aliphatic hydroxyl groups is 1. The minimum atomic E-state index is -0.893. The minimum Gasteiger partial charge on any atom is -0.456 e. The average molecular weight is 497 g/mol. The van der Waals surface area contributed by atoms with Crippen LogP contribution in [0.5, 0.6) is 6.01 Å². The van der Waals surface area contributed by atoms with E-state index in [1.807, 2.05) is 6.20 Å². The Balaban J connectivity index is 1.26. The molecule has 2 aliphatic rings. The number of H-pyrrole nitrogens is 1. The molecule has 6 rings (SSSR count). The van der Waals surface area contributed by atoms with Crippen molar-refractivity contribution in [2.45, 2.75) is 50.7 Å². The van der Waals surface area contributed by atoms with Crippen LogP contribution in [0.3, 0.4) is 0 Å². The van der Waals surface area contributed by atoms with E-state index in [2.05, 4.69) is 15.1 Å². The van der Waals surface area contributed by atoms with Gasteiger partial charge in [0.05, 0.1) is 42.1 Å². The molecular formula is C26H26F2N4O4. The maximum atomic E-state index is 15.5. The molecule has 0 bridgehead atoms. The number of hydrogen-bond donors (Lipinski definition) is 2. The molecule has 2 aromatic heterocycles. The molecule has 10 heteroatoms. The summed E-state index contributed by atoms with van der Waals surface area (Å²) in [4.78, 5) is 7.11. The first kappa shape index (κ1) is 23.1. The predicted molar refractivity (Wildman–Crippen MR) is 127 cm³/mol. The third-order valence-corrected chi connectivity index (χ3v) is 6.52. The lowest BCUT2D eigenvalue weighted by Gasteiger charge is -2.16. The third-order valence-electron chi connectivity index (χ3n) is 6.52. The molecule has 0 saturated carbocycles. The number of benzene rings is 2. The molecule has 3 atom stereocenters. The van der Waals surface area contributed by atoms with Crippen molar-refractivity contribution < 1.29 is 28.1 Å². The van der Waals surface area contributed by atoms with Crippen molar-refractivity contribution in [2.24, 2.45) is 0 Å². The summed E-state index contributed by atoms with van der Waals surface area (Å²) < 4.78 is 49.4.